The highest BCUT2D eigenvalue weighted by molar-refractivity contribution is 7.12. The van der Waals surface area contributed by atoms with Gasteiger partial charge in [0.05, 0.1) is 12.3 Å². The molecule has 0 fully saturated rings. The van der Waals surface area contributed by atoms with Gasteiger partial charge in [-0.25, -0.2) is 4.79 Å². The fourth-order valence-corrected chi connectivity index (χ4v) is 1.67. The van der Waals surface area contributed by atoms with Gasteiger partial charge < -0.3 is 10.5 Å². The third kappa shape index (κ3) is 2.60. The van der Waals surface area contributed by atoms with E-state index in [1.54, 1.807) is 6.92 Å². The number of ether oxygens (including phenoxy) is 1. The molecule has 3 nitrogen and oxygen atoms in total. The van der Waals surface area contributed by atoms with Gasteiger partial charge in [-0.05, 0) is 24.8 Å². The van der Waals surface area contributed by atoms with Crippen LogP contribution < -0.4 is 5.73 Å². The number of carbonyl (C=O) groups is 1. The number of halogens is 1. The summed E-state index contributed by atoms with van der Waals surface area (Å²) in [4.78, 5) is 11.7. The zero-order valence-corrected chi connectivity index (χ0v) is 9.13. The Morgan fingerprint density at radius 1 is 1.69 bits per heavy atom. The van der Waals surface area contributed by atoms with Crippen molar-refractivity contribution in [3.63, 3.8) is 0 Å². The Labute approximate surface area is 87.3 Å². The fraction of sp³-hybridized carbons (Fsp3) is 0.375. The molecule has 0 atom stereocenters. The van der Waals surface area contributed by atoms with Crippen molar-refractivity contribution in [1.29, 1.82) is 0 Å². The average Bonchev–Trinajstić information content (AvgIpc) is 2.34. The van der Waals surface area contributed by atoms with E-state index < -0.39 is 0 Å². The second-order valence-electron chi connectivity index (χ2n) is 2.38. The molecule has 0 aliphatic rings. The average molecular weight is 222 g/mol. The zero-order chi connectivity index (χ0) is 9.14. The highest BCUT2D eigenvalue weighted by atomic mass is 35.5. The number of aryl methyl sites for hydroxylation is 1. The van der Waals surface area contributed by atoms with E-state index in [9.17, 15) is 4.79 Å². The molecule has 0 spiro atoms. The van der Waals surface area contributed by atoms with Crippen molar-refractivity contribution >= 4 is 35.4 Å². The van der Waals surface area contributed by atoms with Crippen molar-refractivity contribution in [2.24, 2.45) is 0 Å². The SMILES string of the molecule is CCOC(=O)c1scc(C)c1N.Cl. The van der Waals surface area contributed by atoms with Gasteiger partial charge in [-0.3, -0.25) is 0 Å². The topological polar surface area (TPSA) is 52.3 Å². The molecule has 0 saturated carbocycles. The lowest BCUT2D eigenvalue weighted by molar-refractivity contribution is 0.0533. The van der Waals surface area contributed by atoms with Gasteiger partial charge in [-0.15, -0.1) is 23.7 Å². The highest BCUT2D eigenvalue weighted by Crippen LogP contribution is 2.24. The van der Waals surface area contributed by atoms with Gasteiger partial charge in [-0.1, -0.05) is 0 Å². The molecule has 0 bridgehead atoms. The van der Waals surface area contributed by atoms with E-state index in [0.717, 1.165) is 5.56 Å². The number of hydrogen-bond acceptors (Lipinski definition) is 4. The largest absolute Gasteiger partial charge is 0.462 e. The number of rotatable bonds is 2. The van der Waals surface area contributed by atoms with Crippen molar-refractivity contribution in [3.8, 4) is 0 Å². The lowest BCUT2D eigenvalue weighted by atomic mass is 10.3. The predicted molar refractivity (Wildman–Crippen MR) is 56.7 cm³/mol. The monoisotopic (exact) mass is 221 g/mol. The van der Waals surface area contributed by atoms with Crippen LogP contribution in [0.25, 0.3) is 0 Å². The molecule has 1 rings (SSSR count). The third-order valence-electron chi connectivity index (χ3n) is 1.48. The van der Waals surface area contributed by atoms with Crippen LogP contribution in [0.4, 0.5) is 5.69 Å². The van der Waals surface area contributed by atoms with E-state index in [1.807, 2.05) is 12.3 Å². The summed E-state index contributed by atoms with van der Waals surface area (Å²) in [6.45, 7) is 4.03. The molecule has 74 valence electrons. The number of nitrogens with two attached hydrogens (primary N) is 1. The van der Waals surface area contributed by atoms with Crippen molar-refractivity contribution in [2.45, 2.75) is 13.8 Å². The maximum Gasteiger partial charge on any atom is 0.350 e. The van der Waals surface area contributed by atoms with Crippen LogP contribution in [0.5, 0.6) is 0 Å². The summed E-state index contributed by atoms with van der Waals surface area (Å²) < 4.78 is 4.81. The van der Waals surface area contributed by atoms with Crippen LogP contribution in [0.2, 0.25) is 0 Å². The van der Waals surface area contributed by atoms with Crippen LogP contribution >= 0.6 is 23.7 Å². The first-order chi connectivity index (χ1) is 5.66. The molecule has 0 saturated heterocycles. The summed E-state index contributed by atoms with van der Waals surface area (Å²) in [5, 5.41) is 1.85. The molecule has 13 heavy (non-hydrogen) atoms. The van der Waals surface area contributed by atoms with Gasteiger partial charge in [0.25, 0.3) is 0 Å². The Hall–Kier alpha value is -0.740. The normalized spacial score (nSPS) is 9.08. The van der Waals surface area contributed by atoms with Gasteiger partial charge in [0.2, 0.25) is 0 Å². The first-order valence-electron chi connectivity index (χ1n) is 3.67. The number of esters is 1. The minimum absolute atomic E-state index is 0. The minimum atomic E-state index is -0.326. The van der Waals surface area contributed by atoms with Gasteiger partial charge >= 0.3 is 5.97 Å². The Morgan fingerprint density at radius 2 is 2.31 bits per heavy atom. The number of anilines is 1. The fourth-order valence-electron chi connectivity index (χ4n) is 0.808. The van der Waals surface area contributed by atoms with Gasteiger partial charge in [-0.2, -0.15) is 0 Å². The summed E-state index contributed by atoms with van der Waals surface area (Å²) in [5.74, 6) is -0.326. The highest BCUT2D eigenvalue weighted by Gasteiger charge is 2.13. The molecule has 1 aromatic rings. The van der Waals surface area contributed by atoms with Crippen LogP contribution in [-0.4, -0.2) is 12.6 Å². The van der Waals surface area contributed by atoms with Gasteiger partial charge in [0.1, 0.15) is 4.88 Å². The van der Waals surface area contributed by atoms with Gasteiger partial charge in [0.15, 0.2) is 0 Å². The second kappa shape index (κ2) is 5.09. The number of carbonyl (C=O) groups excluding carboxylic acids is 1. The Bertz CT molecular complexity index is 298. The van der Waals surface area contributed by atoms with Crippen molar-refractivity contribution in [3.05, 3.63) is 15.8 Å². The van der Waals surface area contributed by atoms with Crippen LogP contribution in [0.1, 0.15) is 22.2 Å². The molecule has 1 aromatic heterocycles. The molecule has 2 N–H and O–H groups in total. The van der Waals surface area contributed by atoms with Crippen molar-refractivity contribution in [2.75, 3.05) is 12.3 Å². The van der Waals surface area contributed by atoms with Crippen LogP contribution in [0.3, 0.4) is 0 Å². The minimum Gasteiger partial charge on any atom is -0.462 e. The molecule has 5 heteroatoms. The molecule has 0 aliphatic carbocycles. The van der Waals surface area contributed by atoms with E-state index in [0.29, 0.717) is 17.2 Å². The summed E-state index contributed by atoms with van der Waals surface area (Å²) in [6.07, 6.45) is 0. The zero-order valence-electron chi connectivity index (χ0n) is 7.49. The molecule has 0 radical (unpaired) electrons. The molecular formula is C8H12ClNO2S. The van der Waals surface area contributed by atoms with Crippen molar-refractivity contribution in [1.82, 2.24) is 0 Å². The Kier molecular flexibility index (Phi) is 4.80. The lowest BCUT2D eigenvalue weighted by Crippen LogP contribution is -2.05. The maximum atomic E-state index is 11.2. The van der Waals surface area contributed by atoms with E-state index in [-0.39, 0.29) is 18.4 Å². The number of hydrogen-bond donors (Lipinski definition) is 1. The van der Waals surface area contributed by atoms with E-state index in [2.05, 4.69) is 0 Å². The quantitative estimate of drug-likeness (QED) is 0.780. The Morgan fingerprint density at radius 3 is 2.69 bits per heavy atom. The predicted octanol–water partition coefficient (Wildman–Crippen LogP) is 2.24. The van der Waals surface area contributed by atoms with E-state index in [4.69, 9.17) is 10.5 Å². The molecule has 0 unspecified atom stereocenters. The molecule has 1 heterocycles. The summed E-state index contributed by atoms with van der Waals surface area (Å²) in [6, 6.07) is 0. The van der Waals surface area contributed by atoms with Gasteiger partial charge in [0, 0.05) is 0 Å². The standard InChI is InChI=1S/C8H11NO2S.ClH/c1-3-11-8(10)7-6(9)5(2)4-12-7;/h4H,3,9H2,1-2H3;1H. The summed E-state index contributed by atoms with van der Waals surface area (Å²) >= 11 is 1.32. The summed E-state index contributed by atoms with van der Waals surface area (Å²) in [7, 11) is 0. The first-order valence-corrected chi connectivity index (χ1v) is 4.55. The lowest BCUT2D eigenvalue weighted by Gasteiger charge is -1.99. The molecule has 0 aliphatic heterocycles. The van der Waals surface area contributed by atoms with Crippen LogP contribution in [0.15, 0.2) is 5.38 Å². The van der Waals surface area contributed by atoms with Crippen LogP contribution in [0, 0.1) is 6.92 Å². The van der Waals surface area contributed by atoms with E-state index in [1.165, 1.54) is 11.3 Å². The first kappa shape index (κ1) is 12.3. The molecular weight excluding hydrogens is 210 g/mol. The van der Waals surface area contributed by atoms with Crippen LogP contribution in [-0.2, 0) is 4.74 Å². The number of nitrogen functional groups attached to an aromatic ring is 1. The molecule has 0 aromatic carbocycles. The van der Waals surface area contributed by atoms with Crippen molar-refractivity contribution < 1.29 is 9.53 Å². The number of thiophene rings is 1. The molecule has 0 amide bonds. The van der Waals surface area contributed by atoms with E-state index >= 15 is 0 Å². The summed E-state index contributed by atoms with van der Waals surface area (Å²) in [5.41, 5.74) is 7.12. The smallest absolute Gasteiger partial charge is 0.350 e. The third-order valence-corrected chi connectivity index (χ3v) is 2.58. The second-order valence-corrected chi connectivity index (χ2v) is 3.26. The maximum absolute atomic E-state index is 11.2. The Balaban J connectivity index is 0.00000144.